The molecule has 0 atom stereocenters. The predicted molar refractivity (Wildman–Crippen MR) is 12.7 cm³/mol. The van der Waals surface area contributed by atoms with Crippen LogP contribution in [0.25, 0.3) is 0 Å². The topological polar surface area (TPSA) is 39.7 Å². The third-order valence-corrected chi connectivity index (χ3v) is 0. The molecule has 4 heavy (non-hydrogen) atoms. The summed E-state index contributed by atoms with van der Waals surface area (Å²) in [4.78, 5) is 0.333. The van der Waals surface area contributed by atoms with E-state index in [1.807, 2.05) is 0 Å². The molecule has 2 N–H and O–H groups in total. The molecule has 0 aromatic carbocycles. The average molecular weight is 87.1 g/mol. The van der Waals surface area contributed by atoms with Crippen LogP contribution in [0.2, 0.25) is 0 Å². The smallest absolute Gasteiger partial charge is 0.655 e. The van der Waals surface area contributed by atoms with Gasteiger partial charge in [-0.1, -0.05) is 0 Å². The van der Waals surface area contributed by atoms with Crippen LogP contribution in [0.3, 0.4) is 0 Å². The molecule has 0 fully saturated rings. The Morgan fingerprint density at radius 3 is 1.75 bits per heavy atom. The Morgan fingerprint density at radius 1 is 1.75 bits per heavy atom. The molecule has 0 saturated carbocycles. The van der Waals surface area contributed by atoms with Gasteiger partial charge >= 0.3 is 29.6 Å². The van der Waals surface area contributed by atoms with E-state index in [2.05, 4.69) is 12.8 Å². The molecular formula is H2NNaOS. The molecule has 0 aliphatic heterocycles. The van der Waals surface area contributed by atoms with Gasteiger partial charge in [0.25, 0.3) is 0 Å². The van der Waals surface area contributed by atoms with Crippen LogP contribution in [0.1, 0.15) is 0 Å². The standard InChI is InChI=1S/H2NOS.Na/c2-1-3;/h1H2;/q-1;+1. The van der Waals surface area contributed by atoms with Crippen LogP contribution < -0.4 is 34.4 Å². The first kappa shape index (κ1) is 8.99. The van der Waals surface area contributed by atoms with Crippen LogP contribution in [0.15, 0.2) is 0 Å². The summed E-state index contributed by atoms with van der Waals surface area (Å²) >= 11 is 3.71. The fraction of sp³-hybridized carbons (Fsp3) is 0. The van der Waals surface area contributed by atoms with Crippen LogP contribution in [-0.2, 0) is 12.8 Å². The van der Waals surface area contributed by atoms with Gasteiger partial charge in [0.1, 0.15) is 0 Å². The molecular weight excluding hydrogens is 85.1 g/mol. The van der Waals surface area contributed by atoms with Gasteiger partial charge in [-0.05, 0) is 0 Å². The van der Waals surface area contributed by atoms with Gasteiger partial charge in [0.2, 0.25) is 0 Å². The van der Waals surface area contributed by atoms with E-state index in [0.29, 0.717) is 4.89 Å². The first-order valence-corrected chi connectivity index (χ1v) is 0.943. The summed E-state index contributed by atoms with van der Waals surface area (Å²) in [6.07, 6.45) is 0. The number of quaternary nitrogens is 1. The van der Waals surface area contributed by atoms with Crippen LogP contribution in [0.4, 0.5) is 0 Å². The molecule has 0 saturated heterocycles. The van der Waals surface area contributed by atoms with Crippen molar-refractivity contribution in [2.45, 2.75) is 0 Å². The van der Waals surface area contributed by atoms with Crippen molar-refractivity contribution in [1.82, 2.24) is 0 Å². The molecule has 0 radical (unpaired) electrons. The second kappa shape index (κ2) is 8.86. The average Bonchev–Trinajstić information content (AvgIpc) is 0.918. The van der Waals surface area contributed by atoms with Crippen molar-refractivity contribution >= 4 is 12.8 Å². The van der Waals surface area contributed by atoms with E-state index in [1.165, 1.54) is 0 Å². The maximum atomic E-state index is 8.62. The molecule has 4 heteroatoms. The summed E-state index contributed by atoms with van der Waals surface area (Å²) < 4.78 is 0. The van der Waals surface area contributed by atoms with Gasteiger partial charge < -0.3 is 22.9 Å². The van der Waals surface area contributed by atoms with Crippen molar-refractivity contribution in [3.05, 3.63) is 5.21 Å². The summed E-state index contributed by atoms with van der Waals surface area (Å²) in [5.41, 5.74) is 0. The Morgan fingerprint density at radius 2 is 1.75 bits per heavy atom. The molecule has 0 aliphatic carbocycles. The summed E-state index contributed by atoms with van der Waals surface area (Å²) in [5.74, 6) is 0. The zero-order chi connectivity index (χ0) is 2.71. The molecule has 0 amide bonds. The predicted octanol–water partition coefficient (Wildman–Crippen LogP) is -4.49. The second-order valence-electron chi connectivity index (χ2n) is 0.0962. The van der Waals surface area contributed by atoms with Crippen LogP contribution in [-0.4, -0.2) is 0 Å². The fourth-order valence-corrected chi connectivity index (χ4v) is 0. The third-order valence-electron chi connectivity index (χ3n) is 0. The maximum absolute atomic E-state index is 8.62. The summed E-state index contributed by atoms with van der Waals surface area (Å²) in [6.45, 7) is 0. The Balaban J connectivity index is 0. The normalized spacial score (nSPS) is 4.50. The third kappa shape index (κ3) is 10.4. The molecule has 0 aromatic rings. The minimum Gasteiger partial charge on any atom is -0.655 e. The van der Waals surface area contributed by atoms with Gasteiger partial charge in [-0.2, -0.15) is 0 Å². The van der Waals surface area contributed by atoms with Crippen molar-refractivity contribution in [2.24, 2.45) is 0 Å². The van der Waals surface area contributed by atoms with Crippen molar-refractivity contribution < 1.29 is 34.4 Å². The first-order chi connectivity index (χ1) is 1.41. The van der Waals surface area contributed by atoms with Gasteiger partial charge in [-0.25, -0.2) is 0 Å². The molecule has 2 nitrogen and oxygen atoms in total. The Hall–Kier alpha value is 1.27. The quantitative estimate of drug-likeness (QED) is 0.184. The van der Waals surface area contributed by atoms with E-state index >= 15 is 0 Å². The largest absolute Gasteiger partial charge is 1.00 e. The van der Waals surface area contributed by atoms with Crippen LogP contribution in [0.5, 0.6) is 0 Å². The van der Waals surface area contributed by atoms with Crippen molar-refractivity contribution in [3.8, 4) is 0 Å². The Kier molecular flexibility index (Phi) is 19.9. The van der Waals surface area contributed by atoms with E-state index in [-0.39, 0.29) is 29.6 Å². The van der Waals surface area contributed by atoms with Gasteiger partial charge in [-0.3, -0.25) is 0 Å². The van der Waals surface area contributed by atoms with Gasteiger partial charge in [0.15, 0.2) is 0 Å². The van der Waals surface area contributed by atoms with Gasteiger partial charge in [0, 0.05) is 0 Å². The zero-order valence-electron chi connectivity index (χ0n) is 2.39. The van der Waals surface area contributed by atoms with Gasteiger partial charge in [0.05, 0.1) is 0 Å². The summed E-state index contributed by atoms with van der Waals surface area (Å²) in [7, 11) is 0. The summed E-state index contributed by atoms with van der Waals surface area (Å²) in [5, 5.41) is 8.62. The molecule has 0 unspecified atom stereocenters. The van der Waals surface area contributed by atoms with Crippen molar-refractivity contribution in [1.29, 1.82) is 0 Å². The zero-order valence-corrected chi connectivity index (χ0v) is 5.21. The minimum absolute atomic E-state index is 0. The van der Waals surface area contributed by atoms with Gasteiger partial charge in [-0.15, -0.1) is 0 Å². The fourth-order valence-electron chi connectivity index (χ4n) is 0. The number of hydrogen-bond donors (Lipinski definition) is 1. The molecule has 20 valence electrons. The van der Waals surface area contributed by atoms with Crippen LogP contribution >= 0.6 is 0 Å². The molecule has 0 bridgehead atoms. The second-order valence-corrected chi connectivity index (χ2v) is 0.289. The Bertz CT molecular complexity index is 8.00. The molecule has 0 heterocycles. The number of hydrogen-bond acceptors (Lipinski definition) is 2. The number of rotatable bonds is 0. The van der Waals surface area contributed by atoms with E-state index in [9.17, 15) is 0 Å². The van der Waals surface area contributed by atoms with E-state index < -0.39 is 0 Å². The monoisotopic (exact) mass is 87.0 g/mol. The van der Waals surface area contributed by atoms with Crippen LogP contribution in [0, 0.1) is 5.21 Å². The van der Waals surface area contributed by atoms with Crippen molar-refractivity contribution in [2.75, 3.05) is 0 Å². The van der Waals surface area contributed by atoms with Crippen molar-refractivity contribution in [3.63, 3.8) is 0 Å². The molecule has 0 spiro atoms. The molecule has 0 aromatic heterocycles. The summed E-state index contributed by atoms with van der Waals surface area (Å²) in [6, 6.07) is 0. The minimum atomic E-state index is 0. The SMILES string of the molecule is [Na+].[O-][NH2+][S-]. The van der Waals surface area contributed by atoms with E-state index in [0.717, 1.165) is 0 Å². The molecule has 0 rings (SSSR count). The number of nitrogens with two attached hydrogens (primary N) is 1. The van der Waals surface area contributed by atoms with E-state index in [4.69, 9.17) is 5.21 Å². The van der Waals surface area contributed by atoms with E-state index in [1.54, 1.807) is 0 Å². The molecule has 0 aliphatic rings. The Labute approximate surface area is 52.4 Å². The first-order valence-electron chi connectivity index (χ1n) is 0.471. The maximum Gasteiger partial charge on any atom is 1.00 e.